The maximum Gasteiger partial charge on any atom is 0.219 e. The molecular weight excluding hydrogens is 254 g/mol. The van der Waals surface area contributed by atoms with Gasteiger partial charge in [0.15, 0.2) is 0 Å². The number of thioether (sulfide) groups is 1. The molecule has 0 unspecified atom stereocenters. The number of anilines is 1. The van der Waals surface area contributed by atoms with Crippen LogP contribution in [0.2, 0.25) is 0 Å². The van der Waals surface area contributed by atoms with E-state index in [-0.39, 0.29) is 11.7 Å². The Morgan fingerprint density at radius 2 is 2.11 bits per heavy atom. The predicted molar refractivity (Wildman–Crippen MR) is 69.9 cm³/mol. The fraction of sp³-hybridized carbons (Fsp3) is 0.364. The highest BCUT2D eigenvalue weighted by Crippen LogP contribution is 2.15. The average molecular weight is 269 g/mol. The Bertz CT molecular complexity index is 384. The van der Waals surface area contributed by atoms with Gasteiger partial charge in [0.25, 0.3) is 0 Å². The molecule has 0 aliphatic carbocycles. The number of hydrogen-bond donors (Lipinski definition) is 3. The number of carbonyl (C=O) groups is 1. The van der Waals surface area contributed by atoms with Crippen LogP contribution in [0.1, 0.15) is 10.4 Å². The van der Waals surface area contributed by atoms with Crippen LogP contribution in [0.4, 0.5) is 5.69 Å². The molecule has 1 aromatic carbocycles. The van der Waals surface area contributed by atoms with Crippen molar-refractivity contribution in [2.75, 3.05) is 31.0 Å². The summed E-state index contributed by atoms with van der Waals surface area (Å²) in [4.78, 5) is 11.7. The third-order valence-corrected chi connectivity index (χ3v) is 2.87. The van der Waals surface area contributed by atoms with Crippen molar-refractivity contribution in [3.8, 4) is 0 Å². The lowest BCUT2D eigenvalue weighted by Gasteiger charge is -2.03. The standard InChI is InChI=1S/C11H15N3O3S/c12-14-13-10-3-1-9(2-4-10)11(16)18-8-7-17-6-5-15/h1-4,15H,5-8H2,(H2,12,13). The molecule has 18 heavy (non-hydrogen) atoms. The van der Waals surface area contributed by atoms with Gasteiger partial charge in [0.2, 0.25) is 5.12 Å². The first-order valence-corrected chi connectivity index (χ1v) is 6.34. The Labute approximate surface area is 109 Å². The number of aliphatic hydroxyl groups excluding tert-OH is 1. The summed E-state index contributed by atoms with van der Waals surface area (Å²) in [6.45, 7) is 0.730. The minimum absolute atomic E-state index is 0.00582. The zero-order chi connectivity index (χ0) is 13.2. The molecule has 3 N–H and O–H groups in total. The Hall–Kier alpha value is -1.44. The number of nitrogens with zero attached hydrogens (tertiary/aromatic N) is 1. The summed E-state index contributed by atoms with van der Waals surface area (Å²) in [5.41, 5.74) is 10.4. The molecule has 0 aromatic heterocycles. The van der Waals surface area contributed by atoms with E-state index in [2.05, 4.69) is 10.6 Å². The second-order valence-corrected chi connectivity index (χ2v) is 4.34. The van der Waals surface area contributed by atoms with Crippen molar-refractivity contribution >= 4 is 22.6 Å². The number of nitrogens with one attached hydrogen (secondary N) is 2. The summed E-state index contributed by atoms with van der Waals surface area (Å²) in [6.07, 6.45) is 0. The van der Waals surface area contributed by atoms with Gasteiger partial charge in [-0.1, -0.05) is 17.0 Å². The summed E-state index contributed by atoms with van der Waals surface area (Å²) in [7, 11) is 0. The van der Waals surface area contributed by atoms with Crippen molar-refractivity contribution in [2.24, 2.45) is 5.22 Å². The highest BCUT2D eigenvalue weighted by molar-refractivity contribution is 8.14. The molecular formula is C11H15N3O3S. The van der Waals surface area contributed by atoms with Gasteiger partial charge in [-0.25, -0.2) is 0 Å². The summed E-state index contributed by atoms with van der Waals surface area (Å²) in [5, 5.41) is 11.5. The van der Waals surface area contributed by atoms with Gasteiger partial charge in [0.05, 0.1) is 25.5 Å². The first-order valence-electron chi connectivity index (χ1n) is 5.36. The lowest BCUT2D eigenvalue weighted by Crippen LogP contribution is -2.04. The molecule has 1 aromatic rings. The smallest absolute Gasteiger partial charge is 0.219 e. The van der Waals surface area contributed by atoms with Crippen LogP contribution in [-0.2, 0) is 4.74 Å². The van der Waals surface area contributed by atoms with E-state index < -0.39 is 0 Å². The summed E-state index contributed by atoms with van der Waals surface area (Å²) < 4.78 is 5.05. The van der Waals surface area contributed by atoms with Crippen molar-refractivity contribution in [3.05, 3.63) is 29.8 Å². The molecule has 0 amide bonds. The fourth-order valence-electron chi connectivity index (χ4n) is 1.19. The molecule has 0 heterocycles. The van der Waals surface area contributed by atoms with Gasteiger partial charge in [-0.15, -0.1) is 0 Å². The van der Waals surface area contributed by atoms with Gasteiger partial charge in [-0.2, -0.15) is 5.53 Å². The van der Waals surface area contributed by atoms with E-state index in [0.29, 0.717) is 30.2 Å². The molecule has 98 valence electrons. The van der Waals surface area contributed by atoms with E-state index in [1.165, 1.54) is 11.8 Å². The lowest BCUT2D eigenvalue weighted by molar-refractivity contribution is 0.102. The highest BCUT2D eigenvalue weighted by atomic mass is 32.2. The minimum atomic E-state index is -0.0306. The van der Waals surface area contributed by atoms with Crippen molar-refractivity contribution in [2.45, 2.75) is 0 Å². The Morgan fingerprint density at radius 3 is 2.72 bits per heavy atom. The maximum absolute atomic E-state index is 11.7. The number of benzene rings is 1. The van der Waals surface area contributed by atoms with E-state index in [1.54, 1.807) is 24.3 Å². The van der Waals surface area contributed by atoms with E-state index in [1.807, 2.05) is 0 Å². The number of carbonyl (C=O) groups excluding carboxylic acids is 1. The zero-order valence-corrected chi connectivity index (χ0v) is 10.6. The third-order valence-electron chi connectivity index (χ3n) is 2.00. The van der Waals surface area contributed by atoms with Crippen LogP contribution in [0.3, 0.4) is 0 Å². The van der Waals surface area contributed by atoms with E-state index in [9.17, 15) is 4.79 Å². The fourth-order valence-corrected chi connectivity index (χ4v) is 1.88. The SMILES string of the molecule is N=NNc1ccc(C(=O)SCCOCCO)cc1. The Kier molecular flexibility index (Phi) is 7.00. The number of ether oxygens (including phenoxy) is 1. The van der Waals surface area contributed by atoms with Crippen LogP contribution in [-0.4, -0.2) is 35.8 Å². The molecule has 0 aliphatic rings. The van der Waals surface area contributed by atoms with Gasteiger partial charge in [-0.3, -0.25) is 10.2 Å². The molecule has 0 atom stereocenters. The third kappa shape index (κ3) is 5.26. The minimum Gasteiger partial charge on any atom is -0.394 e. The molecule has 0 radical (unpaired) electrons. The first-order chi connectivity index (χ1) is 8.77. The largest absolute Gasteiger partial charge is 0.394 e. The van der Waals surface area contributed by atoms with Crippen LogP contribution < -0.4 is 5.43 Å². The lowest BCUT2D eigenvalue weighted by atomic mass is 10.2. The molecule has 0 aliphatic heterocycles. The zero-order valence-electron chi connectivity index (χ0n) is 9.76. The number of hydrogen-bond acceptors (Lipinski definition) is 6. The Morgan fingerprint density at radius 1 is 1.39 bits per heavy atom. The second kappa shape index (κ2) is 8.62. The Balaban J connectivity index is 2.34. The first kappa shape index (κ1) is 14.6. The highest BCUT2D eigenvalue weighted by Gasteiger charge is 2.06. The number of rotatable bonds is 8. The number of aliphatic hydroxyl groups is 1. The van der Waals surface area contributed by atoms with Crippen molar-refractivity contribution in [3.63, 3.8) is 0 Å². The molecule has 1 rings (SSSR count). The van der Waals surface area contributed by atoms with Gasteiger partial charge in [0.1, 0.15) is 0 Å². The van der Waals surface area contributed by atoms with Crippen LogP contribution in [0, 0.1) is 5.53 Å². The van der Waals surface area contributed by atoms with E-state index >= 15 is 0 Å². The van der Waals surface area contributed by atoms with Gasteiger partial charge in [0, 0.05) is 11.3 Å². The maximum atomic E-state index is 11.7. The monoisotopic (exact) mass is 269 g/mol. The van der Waals surface area contributed by atoms with Gasteiger partial charge < -0.3 is 9.84 Å². The van der Waals surface area contributed by atoms with Gasteiger partial charge >= 0.3 is 0 Å². The molecule has 0 saturated heterocycles. The van der Waals surface area contributed by atoms with Crippen LogP contribution in [0.25, 0.3) is 0 Å². The normalized spacial score (nSPS) is 10.1. The predicted octanol–water partition coefficient (Wildman–Crippen LogP) is 1.93. The quantitative estimate of drug-likeness (QED) is 0.381. The topological polar surface area (TPSA) is 94.8 Å². The van der Waals surface area contributed by atoms with E-state index in [0.717, 1.165) is 0 Å². The average Bonchev–Trinajstić information content (AvgIpc) is 2.39. The van der Waals surface area contributed by atoms with Crippen molar-refractivity contribution < 1.29 is 14.6 Å². The van der Waals surface area contributed by atoms with Crippen molar-refractivity contribution in [1.82, 2.24) is 0 Å². The molecule has 6 nitrogen and oxygen atoms in total. The summed E-state index contributed by atoms with van der Waals surface area (Å²) in [6, 6.07) is 6.73. The molecule has 0 bridgehead atoms. The van der Waals surface area contributed by atoms with Gasteiger partial charge in [-0.05, 0) is 24.3 Å². The second-order valence-electron chi connectivity index (χ2n) is 3.27. The van der Waals surface area contributed by atoms with Crippen LogP contribution >= 0.6 is 11.8 Å². The molecule has 0 spiro atoms. The van der Waals surface area contributed by atoms with E-state index in [4.69, 9.17) is 15.4 Å². The van der Waals surface area contributed by atoms with Crippen LogP contribution in [0.5, 0.6) is 0 Å². The molecule has 0 fully saturated rings. The van der Waals surface area contributed by atoms with Crippen molar-refractivity contribution in [1.29, 1.82) is 5.53 Å². The molecule has 0 saturated carbocycles. The summed E-state index contributed by atoms with van der Waals surface area (Å²) in [5.74, 6) is 0.556. The van der Waals surface area contributed by atoms with Crippen LogP contribution in [0.15, 0.2) is 29.5 Å². The summed E-state index contributed by atoms with van der Waals surface area (Å²) >= 11 is 1.17. The molecule has 7 heteroatoms.